The summed E-state index contributed by atoms with van der Waals surface area (Å²) in [5.74, 6) is -0.539. The second-order valence-electron chi connectivity index (χ2n) is 6.44. The van der Waals surface area contributed by atoms with Crippen molar-refractivity contribution >= 4 is 8.07 Å². The summed E-state index contributed by atoms with van der Waals surface area (Å²) in [5.41, 5.74) is 0.678. The summed E-state index contributed by atoms with van der Waals surface area (Å²) in [4.78, 5) is 7.70. The van der Waals surface area contributed by atoms with Gasteiger partial charge in [-0.3, -0.25) is 4.98 Å². The number of aliphatic hydroxyl groups excluding tert-OH is 1. The zero-order valence-electron chi connectivity index (χ0n) is 13.2. The number of aromatic nitrogens is 3. The fraction of sp³-hybridized carbons (Fsp3) is 0.467. The Labute approximate surface area is 130 Å². The van der Waals surface area contributed by atoms with Crippen LogP contribution in [0.5, 0.6) is 0 Å². The average Bonchev–Trinajstić information content (AvgIpc) is 2.91. The lowest BCUT2D eigenvalue weighted by Crippen LogP contribution is -2.22. The van der Waals surface area contributed by atoms with Crippen molar-refractivity contribution in [1.82, 2.24) is 14.5 Å². The van der Waals surface area contributed by atoms with Gasteiger partial charge >= 0.3 is 0 Å². The maximum atomic E-state index is 13.7. The van der Waals surface area contributed by atoms with Gasteiger partial charge in [0.05, 0.1) is 24.4 Å². The minimum absolute atomic E-state index is 0.179. The van der Waals surface area contributed by atoms with Gasteiger partial charge in [0.25, 0.3) is 0 Å². The first-order valence-corrected chi connectivity index (χ1v) is 10.9. The molecular formula is C15H22FN3O2Si. The number of pyridine rings is 1. The molecule has 2 heterocycles. The molecule has 1 N–H and O–H groups in total. The van der Waals surface area contributed by atoms with Gasteiger partial charge in [-0.1, -0.05) is 19.6 Å². The van der Waals surface area contributed by atoms with Crippen LogP contribution in [0.15, 0.2) is 31.0 Å². The van der Waals surface area contributed by atoms with E-state index in [0.29, 0.717) is 19.0 Å². The van der Waals surface area contributed by atoms with Gasteiger partial charge in [-0.2, -0.15) is 0 Å². The van der Waals surface area contributed by atoms with Gasteiger partial charge in [-0.15, -0.1) is 0 Å². The molecule has 0 aromatic carbocycles. The molecule has 22 heavy (non-hydrogen) atoms. The van der Waals surface area contributed by atoms with Crippen molar-refractivity contribution in [2.75, 3.05) is 6.61 Å². The molecule has 0 spiro atoms. The van der Waals surface area contributed by atoms with Gasteiger partial charge in [-0.25, -0.2) is 9.37 Å². The molecule has 0 aliphatic rings. The number of halogens is 1. The molecule has 1 unspecified atom stereocenters. The largest absolute Gasteiger partial charge is 0.382 e. The highest BCUT2D eigenvalue weighted by atomic mass is 28.3. The Morgan fingerprint density at radius 3 is 2.77 bits per heavy atom. The summed E-state index contributed by atoms with van der Waals surface area (Å²) in [6.07, 6.45) is 4.54. The zero-order chi connectivity index (χ0) is 16.2. The number of nitrogens with zero attached hydrogens (tertiary/aromatic N) is 3. The second kappa shape index (κ2) is 7.13. The molecule has 0 fully saturated rings. The molecule has 5 nitrogen and oxygen atoms in total. The third-order valence-electron chi connectivity index (χ3n) is 3.35. The van der Waals surface area contributed by atoms with E-state index in [2.05, 4.69) is 29.6 Å². The number of rotatable bonds is 7. The summed E-state index contributed by atoms with van der Waals surface area (Å²) < 4.78 is 21.1. The van der Waals surface area contributed by atoms with Crippen LogP contribution in [0, 0.1) is 5.82 Å². The smallest absolute Gasteiger partial charge is 0.147 e. The van der Waals surface area contributed by atoms with Crippen LogP contribution < -0.4 is 0 Å². The van der Waals surface area contributed by atoms with E-state index in [9.17, 15) is 9.50 Å². The van der Waals surface area contributed by atoms with E-state index in [1.54, 1.807) is 10.9 Å². The van der Waals surface area contributed by atoms with Gasteiger partial charge in [0.15, 0.2) is 0 Å². The standard InChI is InChI=1S/C15H22FN3O2Si/c1-22(2,3)7-6-21-11-19-10-18-9-14(19)15(20)12-4-5-17-8-13(12)16/h4-5,8-10,15,20H,6-7,11H2,1-3H3. The van der Waals surface area contributed by atoms with Crippen molar-refractivity contribution in [3.63, 3.8) is 0 Å². The van der Waals surface area contributed by atoms with Crippen LogP contribution in [0.25, 0.3) is 0 Å². The maximum absolute atomic E-state index is 13.7. The van der Waals surface area contributed by atoms with Gasteiger partial charge in [0.2, 0.25) is 0 Å². The SMILES string of the molecule is C[Si](C)(C)CCOCn1cncc1C(O)c1ccncc1F. The molecule has 0 radical (unpaired) electrons. The predicted octanol–water partition coefficient (Wildman–Crippen LogP) is 2.81. The Hall–Kier alpha value is -1.57. The average molecular weight is 323 g/mol. The van der Waals surface area contributed by atoms with Crippen molar-refractivity contribution in [2.45, 2.75) is 38.5 Å². The molecule has 2 rings (SSSR count). The quantitative estimate of drug-likeness (QED) is 0.629. The first-order chi connectivity index (χ1) is 10.4. The molecule has 0 aliphatic heterocycles. The van der Waals surface area contributed by atoms with Crippen molar-refractivity contribution in [3.05, 3.63) is 48.1 Å². The Balaban J connectivity index is 2.02. The molecule has 2 aromatic rings. The van der Waals surface area contributed by atoms with Gasteiger partial charge in [-0.05, 0) is 12.1 Å². The molecule has 0 saturated carbocycles. The monoisotopic (exact) mass is 323 g/mol. The lowest BCUT2D eigenvalue weighted by molar-refractivity contribution is 0.0793. The first kappa shape index (κ1) is 16.8. The summed E-state index contributed by atoms with van der Waals surface area (Å²) in [6, 6.07) is 2.53. The Kier molecular flexibility index (Phi) is 5.44. The molecule has 1 atom stereocenters. The second-order valence-corrected chi connectivity index (χ2v) is 12.1. The topological polar surface area (TPSA) is 60.2 Å². The van der Waals surface area contributed by atoms with Crippen LogP contribution in [-0.4, -0.2) is 34.3 Å². The number of hydrogen-bond donors (Lipinski definition) is 1. The van der Waals surface area contributed by atoms with E-state index >= 15 is 0 Å². The van der Waals surface area contributed by atoms with Crippen LogP contribution >= 0.6 is 0 Å². The van der Waals surface area contributed by atoms with E-state index in [1.165, 1.54) is 18.5 Å². The van der Waals surface area contributed by atoms with Gasteiger partial charge in [0, 0.05) is 26.4 Å². The highest BCUT2D eigenvalue weighted by Gasteiger charge is 2.19. The normalized spacial score (nSPS) is 13.3. The zero-order valence-corrected chi connectivity index (χ0v) is 14.2. The van der Waals surface area contributed by atoms with Crippen LogP contribution in [0.1, 0.15) is 17.4 Å². The number of hydrogen-bond acceptors (Lipinski definition) is 4. The molecule has 2 aromatic heterocycles. The van der Waals surface area contributed by atoms with Crippen molar-refractivity contribution in [1.29, 1.82) is 0 Å². The molecule has 0 bridgehead atoms. The summed E-state index contributed by atoms with van der Waals surface area (Å²) >= 11 is 0. The van der Waals surface area contributed by atoms with E-state index in [1.807, 2.05) is 0 Å². The fourth-order valence-corrected chi connectivity index (χ4v) is 2.73. The minimum atomic E-state index is -1.13. The van der Waals surface area contributed by atoms with E-state index in [-0.39, 0.29) is 5.56 Å². The van der Waals surface area contributed by atoms with Crippen LogP contribution in [-0.2, 0) is 11.5 Å². The van der Waals surface area contributed by atoms with E-state index in [4.69, 9.17) is 4.74 Å². The highest BCUT2D eigenvalue weighted by Crippen LogP contribution is 2.23. The third-order valence-corrected chi connectivity index (χ3v) is 5.05. The molecule has 120 valence electrons. The lowest BCUT2D eigenvalue weighted by atomic mass is 10.1. The molecule has 0 aliphatic carbocycles. The van der Waals surface area contributed by atoms with Crippen LogP contribution in [0.2, 0.25) is 25.7 Å². The number of ether oxygens (including phenoxy) is 1. The molecule has 0 saturated heterocycles. The van der Waals surface area contributed by atoms with Crippen molar-refractivity contribution in [2.24, 2.45) is 0 Å². The Bertz CT molecular complexity index is 613. The summed E-state index contributed by atoms with van der Waals surface area (Å²) in [7, 11) is -1.13. The van der Waals surface area contributed by atoms with E-state index in [0.717, 1.165) is 12.2 Å². The molecule has 7 heteroatoms. The Morgan fingerprint density at radius 2 is 2.09 bits per heavy atom. The van der Waals surface area contributed by atoms with Crippen molar-refractivity contribution < 1.29 is 14.2 Å². The van der Waals surface area contributed by atoms with Gasteiger partial charge in [0.1, 0.15) is 18.7 Å². The van der Waals surface area contributed by atoms with Crippen LogP contribution in [0.4, 0.5) is 4.39 Å². The fourth-order valence-electron chi connectivity index (χ4n) is 1.97. The summed E-state index contributed by atoms with van der Waals surface area (Å²) in [5, 5.41) is 10.4. The van der Waals surface area contributed by atoms with Gasteiger partial charge < -0.3 is 14.4 Å². The molecular weight excluding hydrogens is 301 g/mol. The number of imidazole rings is 1. The Morgan fingerprint density at radius 1 is 1.32 bits per heavy atom. The molecule has 0 amide bonds. The van der Waals surface area contributed by atoms with Crippen molar-refractivity contribution in [3.8, 4) is 0 Å². The van der Waals surface area contributed by atoms with Crippen LogP contribution in [0.3, 0.4) is 0 Å². The van der Waals surface area contributed by atoms with E-state index < -0.39 is 20.0 Å². The lowest BCUT2D eigenvalue weighted by Gasteiger charge is -2.17. The first-order valence-electron chi connectivity index (χ1n) is 7.24. The minimum Gasteiger partial charge on any atom is -0.382 e. The predicted molar refractivity (Wildman–Crippen MR) is 84.6 cm³/mol. The summed E-state index contributed by atoms with van der Waals surface area (Å²) in [6.45, 7) is 7.83. The number of aliphatic hydroxyl groups is 1. The highest BCUT2D eigenvalue weighted by molar-refractivity contribution is 6.76. The third kappa shape index (κ3) is 4.46. The maximum Gasteiger partial charge on any atom is 0.147 e.